The van der Waals surface area contributed by atoms with E-state index in [2.05, 4.69) is 10.2 Å². The van der Waals surface area contributed by atoms with E-state index in [1.54, 1.807) is 18.3 Å². The van der Waals surface area contributed by atoms with Crippen LogP contribution in [0.5, 0.6) is 0 Å². The monoisotopic (exact) mass is 278 g/mol. The molecule has 0 aliphatic carbocycles. The lowest BCUT2D eigenvalue weighted by molar-refractivity contribution is -0.137. The van der Waals surface area contributed by atoms with E-state index in [1.165, 1.54) is 22.6 Å². The smallest absolute Gasteiger partial charge is 0.396 e. The molecule has 2 N–H and O–H groups in total. The fourth-order valence-electron chi connectivity index (χ4n) is 2.05. The molecule has 2 aromatic heterocycles. The minimum atomic E-state index is -4.46. The molecule has 0 atom stereocenters. The second-order valence-electron chi connectivity index (χ2n) is 4.22. The fourth-order valence-corrected chi connectivity index (χ4v) is 2.05. The van der Waals surface area contributed by atoms with Crippen LogP contribution in [0.4, 0.5) is 18.9 Å². The fraction of sp³-hybridized carbons (Fsp3) is 0.0769. The van der Waals surface area contributed by atoms with Gasteiger partial charge in [-0.1, -0.05) is 18.2 Å². The summed E-state index contributed by atoms with van der Waals surface area (Å²) in [7, 11) is 0. The average Bonchev–Trinajstić information content (AvgIpc) is 2.83. The Morgan fingerprint density at radius 1 is 1.00 bits per heavy atom. The van der Waals surface area contributed by atoms with E-state index < -0.39 is 11.7 Å². The lowest BCUT2D eigenvalue weighted by Crippen LogP contribution is -2.08. The SMILES string of the molecule is Nc1cccn2c(-c3ccccc3C(F)(F)F)nnc12. The second kappa shape index (κ2) is 4.22. The molecule has 3 aromatic rings. The lowest BCUT2D eigenvalue weighted by Gasteiger charge is -2.11. The second-order valence-corrected chi connectivity index (χ2v) is 4.22. The molecule has 1 aromatic carbocycles. The van der Waals surface area contributed by atoms with Crippen molar-refractivity contribution in [1.82, 2.24) is 14.6 Å². The predicted octanol–water partition coefficient (Wildman–Crippen LogP) is 3.00. The van der Waals surface area contributed by atoms with Crippen LogP contribution >= 0.6 is 0 Å². The predicted molar refractivity (Wildman–Crippen MR) is 67.8 cm³/mol. The van der Waals surface area contributed by atoms with Gasteiger partial charge < -0.3 is 5.73 Å². The van der Waals surface area contributed by atoms with Gasteiger partial charge in [-0.2, -0.15) is 13.2 Å². The number of nitrogens with two attached hydrogens (primary N) is 1. The van der Waals surface area contributed by atoms with Crippen LogP contribution in [0.2, 0.25) is 0 Å². The van der Waals surface area contributed by atoms with Gasteiger partial charge in [0.05, 0.1) is 11.3 Å². The summed E-state index contributed by atoms with van der Waals surface area (Å²) in [5, 5.41) is 7.67. The molecule has 0 saturated carbocycles. The highest BCUT2D eigenvalue weighted by atomic mass is 19.4. The van der Waals surface area contributed by atoms with Crippen LogP contribution in [0.15, 0.2) is 42.6 Å². The van der Waals surface area contributed by atoms with Crippen LogP contribution in [0, 0.1) is 0 Å². The molecule has 0 amide bonds. The first kappa shape index (κ1) is 12.5. The van der Waals surface area contributed by atoms with Crippen LogP contribution in [-0.4, -0.2) is 14.6 Å². The van der Waals surface area contributed by atoms with E-state index in [0.717, 1.165) is 6.07 Å². The van der Waals surface area contributed by atoms with E-state index in [0.29, 0.717) is 11.3 Å². The Bertz CT molecular complexity index is 777. The highest BCUT2D eigenvalue weighted by molar-refractivity contribution is 5.70. The molecule has 3 rings (SSSR count). The average molecular weight is 278 g/mol. The molecule has 0 spiro atoms. The third-order valence-electron chi connectivity index (χ3n) is 2.94. The highest BCUT2D eigenvalue weighted by Crippen LogP contribution is 2.36. The normalized spacial score (nSPS) is 11.9. The first-order valence-electron chi connectivity index (χ1n) is 5.74. The van der Waals surface area contributed by atoms with E-state index in [1.807, 2.05) is 0 Å². The zero-order valence-corrected chi connectivity index (χ0v) is 10.1. The maximum atomic E-state index is 13.0. The van der Waals surface area contributed by atoms with E-state index >= 15 is 0 Å². The van der Waals surface area contributed by atoms with Crippen molar-refractivity contribution in [3.63, 3.8) is 0 Å². The lowest BCUT2D eigenvalue weighted by atomic mass is 10.1. The number of hydrogen-bond donors (Lipinski definition) is 1. The summed E-state index contributed by atoms with van der Waals surface area (Å²) >= 11 is 0. The Morgan fingerprint density at radius 2 is 1.75 bits per heavy atom. The van der Waals surface area contributed by atoms with Crippen molar-refractivity contribution in [2.75, 3.05) is 5.73 Å². The van der Waals surface area contributed by atoms with Crippen molar-refractivity contribution in [2.45, 2.75) is 6.18 Å². The molecule has 0 saturated heterocycles. The number of nitrogens with zero attached hydrogens (tertiary/aromatic N) is 3. The van der Waals surface area contributed by atoms with Crippen molar-refractivity contribution in [3.8, 4) is 11.4 Å². The third-order valence-corrected chi connectivity index (χ3v) is 2.94. The molecule has 0 bridgehead atoms. The summed E-state index contributed by atoms with van der Waals surface area (Å²) in [4.78, 5) is 0. The highest BCUT2D eigenvalue weighted by Gasteiger charge is 2.34. The number of pyridine rings is 1. The van der Waals surface area contributed by atoms with Crippen molar-refractivity contribution in [3.05, 3.63) is 48.2 Å². The first-order chi connectivity index (χ1) is 9.48. The van der Waals surface area contributed by atoms with E-state index in [9.17, 15) is 13.2 Å². The van der Waals surface area contributed by atoms with Gasteiger partial charge >= 0.3 is 6.18 Å². The number of aromatic nitrogens is 3. The number of fused-ring (bicyclic) bond motifs is 1. The maximum absolute atomic E-state index is 13.0. The van der Waals surface area contributed by atoms with Crippen LogP contribution in [0.3, 0.4) is 0 Å². The summed E-state index contributed by atoms with van der Waals surface area (Å²) in [6, 6.07) is 8.49. The van der Waals surface area contributed by atoms with Gasteiger partial charge in [0, 0.05) is 11.8 Å². The van der Waals surface area contributed by atoms with Gasteiger partial charge in [0.1, 0.15) is 0 Å². The molecular weight excluding hydrogens is 269 g/mol. The van der Waals surface area contributed by atoms with Crippen LogP contribution in [-0.2, 0) is 6.18 Å². The molecule has 7 heteroatoms. The Kier molecular flexibility index (Phi) is 2.63. The van der Waals surface area contributed by atoms with E-state index in [-0.39, 0.29) is 11.4 Å². The minimum Gasteiger partial charge on any atom is -0.396 e. The summed E-state index contributed by atoms with van der Waals surface area (Å²) in [6.45, 7) is 0. The Hall–Kier alpha value is -2.57. The molecule has 2 heterocycles. The molecule has 0 radical (unpaired) electrons. The van der Waals surface area contributed by atoms with Crippen molar-refractivity contribution < 1.29 is 13.2 Å². The number of benzene rings is 1. The Morgan fingerprint density at radius 3 is 2.50 bits per heavy atom. The first-order valence-corrected chi connectivity index (χ1v) is 5.74. The van der Waals surface area contributed by atoms with Crippen molar-refractivity contribution in [2.24, 2.45) is 0 Å². The molecule has 0 aliphatic heterocycles. The molecular formula is C13H9F3N4. The van der Waals surface area contributed by atoms with E-state index in [4.69, 9.17) is 5.73 Å². The van der Waals surface area contributed by atoms with Crippen molar-refractivity contribution in [1.29, 1.82) is 0 Å². The van der Waals surface area contributed by atoms with Gasteiger partial charge in [-0.15, -0.1) is 10.2 Å². The Labute approximate surface area is 111 Å². The number of alkyl halides is 3. The molecule has 102 valence electrons. The van der Waals surface area contributed by atoms with Crippen LogP contribution < -0.4 is 5.73 Å². The van der Waals surface area contributed by atoms with Gasteiger partial charge in [0.25, 0.3) is 0 Å². The molecule has 0 unspecified atom stereocenters. The molecule has 0 aliphatic rings. The van der Waals surface area contributed by atoms with Gasteiger partial charge in [-0.05, 0) is 18.2 Å². The number of rotatable bonds is 1. The summed E-state index contributed by atoms with van der Waals surface area (Å²) < 4.78 is 40.6. The minimum absolute atomic E-state index is 0.0295. The molecule has 20 heavy (non-hydrogen) atoms. The number of hydrogen-bond acceptors (Lipinski definition) is 3. The summed E-state index contributed by atoms with van der Waals surface area (Å²) in [6.07, 6.45) is -2.88. The van der Waals surface area contributed by atoms with Crippen LogP contribution in [0.1, 0.15) is 5.56 Å². The van der Waals surface area contributed by atoms with Gasteiger partial charge in [0.2, 0.25) is 0 Å². The zero-order chi connectivity index (χ0) is 14.3. The topological polar surface area (TPSA) is 56.2 Å². The third kappa shape index (κ3) is 1.87. The molecule has 4 nitrogen and oxygen atoms in total. The zero-order valence-electron chi connectivity index (χ0n) is 10.1. The van der Waals surface area contributed by atoms with Gasteiger partial charge in [-0.3, -0.25) is 4.40 Å². The number of nitrogen functional groups attached to an aromatic ring is 1. The quantitative estimate of drug-likeness (QED) is 0.744. The van der Waals surface area contributed by atoms with Gasteiger partial charge in [-0.25, -0.2) is 0 Å². The van der Waals surface area contributed by atoms with Crippen molar-refractivity contribution >= 4 is 11.3 Å². The molecule has 0 fully saturated rings. The Balaban J connectivity index is 2.30. The number of halogens is 3. The maximum Gasteiger partial charge on any atom is 0.417 e. The largest absolute Gasteiger partial charge is 0.417 e. The summed E-state index contributed by atoms with van der Waals surface area (Å²) in [5.41, 5.74) is 5.63. The standard InChI is InChI=1S/C13H9F3N4/c14-13(15,16)9-5-2-1-4-8(9)11-18-19-12-10(17)6-3-7-20(11)12/h1-7H,17H2. The van der Waals surface area contributed by atoms with Crippen LogP contribution in [0.25, 0.3) is 17.0 Å². The van der Waals surface area contributed by atoms with Gasteiger partial charge in [0.15, 0.2) is 11.5 Å². The summed E-state index contributed by atoms with van der Waals surface area (Å²) in [5.74, 6) is 0.111. The number of anilines is 1.